The Balaban J connectivity index is 0.00000324. The standard InChI is InChI=1S/C12H16N4O2.HI/c1-3-8-14-12(13-2)15-9-10-4-6-11(7-5-10)16(17)18;/h3-7H,1,8-9H2,2H3,(H2,13,14,15);1H. The van der Waals surface area contributed by atoms with Crippen molar-refractivity contribution in [1.29, 1.82) is 0 Å². The van der Waals surface area contributed by atoms with Crippen molar-refractivity contribution in [2.45, 2.75) is 6.54 Å². The molecule has 0 saturated heterocycles. The fraction of sp³-hybridized carbons (Fsp3) is 0.250. The van der Waals surface area contributed by atoms with E-state index >= 15 is 0 Å². The molecule has 0 atom stereocenters. The number of aliphatic imine (C=N–C) groups is 1. The molecule has 1 aromatic rings. The normalized spacial score (nSPS) is 10.3. The summed E-state index contributed by atoms with van der Waals surface area (Å²) in [5.41, 5.74) is 1.04. The molecule has 0 aromatic heterocycles. The Morgan fingerprint density at radius 3 is 2.53 bits per heavy atom. The van der Waals surface area contributed by atoms with E-state index in [0.717, 1.165) is 5.56 Å². The highest BCUT2D eigenvalue weighted by Gasteiger charge is 2.04. The molecule has 7 heteroatoms. The van der Waals surface area contributed by atoms with Crippen molar-refractivity contribution in [3.05, 3.63) is 52.6 Å². The maximum Gasteiger partial charge on any atom is 0.269 e. The first-order valence-electron chi connectivity index (χ1n) is 5.46. The summed E-state index contributed by atoms with van der Waals surface area (Å²) in [7, 11) is 1.67. The van der Waals surface area contributed by atoms with Crippen LogP contribution in [0.3, 0.4) is 0 Å². The molecule has 0 aliphatic carbocycles. The number of halogens is 1. The highest BCUT2D eigenvalue weighted by molar-refractivity contribution is 14.0. The molecule has 2 N–H and O–H groups in total. The molecule has 0 saturated carbocycles. The maximum absolute atomic E-state index is 10.5. The highest BCUT2D eigenvalue weighted by atomic mass is 127. The summed E-state index contributed by atoms with van der Waals surface area (Å²) in [4.78, 5) is 14.1. The summed E-state index contributed by atoms with van der Waals surface area (Å²) < 4.78 is 0. The fourth-order valence-electron chi connectivity index (χ4n) is 1.31. The third-order valence-corrected chi connectivity index (χ3v) is 2.24. The topological polar surface area (TPSA) is 79.6 Å². The predicted octanol–water partition coefficient (Wildman–Crippen LogP) is 2.06. The first-order valence-corrected chi connectivity index (χ1v) is 5.46. The number of hydrogen-bond donors (Lipinski definition) is 2. The van der Waals surface area contributed by atoms with Crippen LogP contribution in [-0.2, 0) is 6.54 Å². The Bertz CT molecular complexity index is 446. The minimum absolute atomic E-state index is 0. The Labute approximate surface area is 129 Å². The summed E-state index contributed by atoms with van der Waals surface area (Å²) in [6.45, 7) is 4.78. The largest absolute Gasteiger partial charge is 0.353 e. The number of nitro groups is 1. The van der Waals surface area contributed by atoms with E-state index in [1.165, 1.54) is 12.1 Å². The van der Waals surface area contributed by atoms with Gasteiger partial charge in [-0.05, 0) is 5.56 Å². The molecule has 0 fully saturated rings. The fourth-order valence-corrected chi connectivity index (χ4v) is 1.31. The summed E-state index contributed by atoms with van der Waals surface area (Å²) in [6.07, 6.45) is 1.73. The molecule has 6 nitrogen and oxygen atoms in total. The summed E-state index contributed by atoms with van der Waals surface area (Å²) in [5.74, 6) is 0.660. The van der Waals surface area contributed by atoms with Gasteiger partial charge in [-0.1, -0.05) is 18.2 Å². The van der Waals surface area contributed by atoms with Gasteiger partial charge in [-0.3, -0.25) is 15.1 Å². The molecule has 0 bridgehead atoms. The summed E-state index contributed by atoms with van der Waals surface area (Å²) >= 11 is 0. The smallest absolute Gasteiger partial charge is 0.269 e. The lowest BCUT2D eigenvalue weighted by molar-refractivity contribution is -0.384. The van der Waals surface area contributed by atoms with E-state index in [4.69, 9.17) is 0 Å². The lowest BCUT2D eigenvalue weighted by Crippen LogP contribution is -2.36. The first kappa shape index (κ1) is 17.4. The number of nitrogens with zero attached hydrogens (tertiary/aromatic N) is 2. The molecule has 0 radical (unpaired) electrons. The predicted molar refractivity (Wildman–Crippen MR) is 86.9 cm³/mol. The SMILES string of the molecule is C=CCNC(=NC)NCc1ccc([N+](=O)[O-])cc1.I. The van der Waals surface area contributed by atoms with Crippen molar-refractivity contribution < 1.29 is 4.92 Å². The third-order valence-electron chi connectivity index (χ3n) is 2.24. The maximum atomic E-state index is 10.5. The van der Waals surface area contributed by atoms with Gasteiger partial charge in [-0.2, -0.15) is 0 Å². The van der Waals surface area contributed by atoms with Crippen LogP contribution in [0, 0.1) is 10.1 Å². The Hall–Kier alpha value is -1.64. The van der Waals surface area contributed by atoms with Crippen LogP contribution in [0.5, 0.6) is 0 Å². The second-order valence-electron chi connectivity index (χ2n) is 3.52. The number of non-ortho nitro benzene ring substituents is 1. The van der Waals surface area contributed by atoms with Crippen LogP contribution >= 0.6 is 24.0 Å². The van der Waals surface area contributed by atoms with Crippen LogP contribution in [0.2, 0.25) is 0 Å². The first-order chi connectivity index (χ1) is 8.67. The quantitative estimate of drug-likeness (QED) is 0.206. The van der Waals surface area contributed by atoms with Gasteiger partial charge in [0.05, 0.1) is 4.92 Å². The molecule has 0 aliphatic rings. The molecule has 1 rings (SSSR count). The zero-order valence-corrected chi connectivity index (χ0v) is 13.0. The van der Waals surface area contributed by atoms with E-state index < -0.39 is 4.92 Å². The number of nitrogens with one attached hydrogen (secondary N) is 2. The number of benzene rings is 1. The van der Waals surface area contributed by atoms with Gasteiger partial charge in [-0.25, -0.2) is 0 Å². The second-order valence-corrected chi connectivity index (χ2v) is 3.52. The van der Waals surface area contributed by atoms with Crippen LogP contribution in [0.4, 0.5) is 5.69 Å². The Kier molecular flexibility index (Phi) is 8.51. The van der Waals surface area contributed by atoms with Crippen LogP contribution in [0.1, 0.15) is 5.56 Å². The second kappa shape index (κ2) is 9.31. The number of rotatable bonds is 5. The van der Waals surface area contributed by atoms with Crippen LogP contribution in [-0.4, -0.2) is 24.5 Å². The molecule has 0 unspecified atom stereocenters. The van der Waals surface area contributed by atoms with Gasteiger partial charge in [0.25, 0.3) is 5.69 Å². The van der Waals surface area contributed by atoms with Gasteiger partial charge in [0, 0.05) is 32.3 Å². The van der Waals surface area contributed by atoms with Crippen molar-refractivity contribution in [2.24, 2.45) is 4.99 Å². The minimum Gasteiger partial charge on any atom is -0.353 e. The lowest BCUT2D eigenvalue weighted by atomic mass is 10.2. The van der Waals surface area contributed by atoms with E-state index in [0.29, 0.717) is 19.0 Å². The van der Waals surface area contributed by atoms with Crippen LogP contribution < -0.4 is 10.6 Å². The van der Waals surface area contributed by atoms with E-state index in [1.807, 2.05) is 0 Å². The summed E-state index contributed by atoms with van der Waals surface area (Å²) in [6, 6.07) is 6.39. The van der Waals surface area contributed by atoms with E-state index in [9.17, 15) is 10.1 Å². The van der Waals surface area contributed by atoms with E-state index in [1.54, 1.807) is 25.3 Å². The molecular weight excluding hydrogens is 359 g/mol. The van der Waals surface area contributed by atoms with Gasteiger partial charge < -0.3 is 10.6 Å². The van der Waals surface area contributed by atoms with Crippen molar-refractivity contribution in [2.75, 3.05) is 13.6 Å². The third kappa shape index (κ3) is 6.18. The van der Waals surface area contributed by atoms with Gasteiger partial charge in [0.2, 0.25) is 0 Å². The van der Waals surface area contributed by atoms with Crippen molar-refractivity contribution >= 4 is 35.6 Å². The summed E-state index contributed by atoms with van der Waals surface area (Å²) in [5, 5.41) is 16.6. The highest BCUT2D eigenvalue weighted by Crippen LogP contribution is 2.11. The monoisotopic (exact) mass is 376 g/mol. The molecular formula is C12H17IN4O2. The Morgan fingerprint density at radius 1 is 1.42 bits per heavy atom. The molecule has 0 heterocycles. The zero-order valence-electron chi connectivity index (χ0n) is 10.6. The number of guanidine groups is 1. The van der Waals surface area contributed by atoms with Crippen LogP contribution in [0.15, 0.2) is 41.9 Å². The number of nitro benzene ring substituents is 1. The molecule has 104 valence electrons. The van der Waals surface area contributed by atoms with E-state index in [-0.39, 0.29) is 29.7 Å². The van der Waals surface area contributed by atoms with Gasteiger partial charge in [0.15, 0.2) is 5.96 Å². The Morgan fingerprint density at radius 2 is 2.05 bits per heavy atom. The van der Waals surface area contributed by atoms with Crippen molar-refractivity contribution in [3.63, 3.8) is 0 Å². The van der Waals surface area contributed by atoms with Gasteiger partial charge in [0.1, 0.15) is 0 Å². The van der Waals surface area contributed by atoms with Crippen LogP contribution in [0.25, 0.3) is 0 Å². The van der Waals surface area contributed by atoms with Crippen molar-refractivity contribution in [3.8, 4) is 0 Å². The molecule has 19 heavy (non-hydrogen) atoms. The average molecular weight is 376 g/mol. The van der Waals surface area contributed by atoms with Gasteiger partial charge >= 0.3 is 0 Å². The minimum atomic E-state index is -0.415. The molecule has 0 spiro atoms. The lowest BCUT2D eigenvalue weighted by Gasteiger charge is -2.10. The molecule has 0 aliphatic heterocycles. The zero-order chi connectivity index (χ0) is 13.4. The van der Waals surface area contributed by atoms with Crippen molar-refractivity contribution in [1.82, 2.24) is 10.6 Å². The molecule has 1 aromatic carbocycles. The van der Waals surface area contributed by atoms with E-state index in [2.05, 4.69) is 22.2 Å². The number of hydrogen-bond acceptors (Lipinski definition) is 3. The average Bonchev–Trinajstić information content (AvgIpc) is 2.39. The van der Waals surface area contributed by atoms with Gasteiger partial charge in [-0.15, -0.1) is 30.6 Å². The molecule has 0 amide bonds.